The van der Waals surface area contributed by atoms with Gasteiger partial charge in [0.05, 0.1) is 12.5 Å². The van der Waals surface area contributed by atoms with Crippen LogP contribution in [0.5, 0.6) is 5.75 Å². The minimum absolute atomic E-state index is 0.167. The fourth-order valence-electron chi connectivity index (χ4n) is 2.24. The fraction of sp³-hybridized carbons (Fsp3) is 0.462. The van der Waals surface area contributed by atoms with Gasteiger partial charge in [-0.1, -0.05) is 18.2 Å². The third kappa shape index (κ3) is 2.00. The van der Waals surface area contributed by atoms with Crippen molar-refractivity contribution in [3.05, 3.63) is 29.8 Å². The van der Waals surface area contributed by atoms with E-state index in [-0.39, 0.29) is 11.8 Å². The van der Waals surface area contributed by atoms with Crippen LogP contribution in [-0.2, 0) is 11.3 Å². The van der Waals surface area contributed by atoms with Crippen molar-refractivity contribution >= 4 is 5.91 Å². The second-order valence-electron chi connectivity index (χ2n) is 4.57. The monoisotopic (exact) mass is 232 g/mol. The predicted octanol–water partition coefficient (Wildman–Crippen LogP) is 0.627. The molecule has 0 saturated carbocycles. The van der Waals surface area contributed by atoms with E-state index in [4.69, 9.17) is 4.74 Å². The molecule has 90 valence electrons. The zero-order chi connectivity index (χ0) is 11.7. The highest BCUT2D eigenvalue weighted by molar-refractivity contribution is 5.80. The van der Waals surface area contributed by atoms with E-state index >= 15 is 0 Å². The van der Waals surface area contributed by atoms with Crippen molar-refractivity contribution in [2.75, 3.05) is 26.2 Å². The van der Waals surface area contributed by atoms with E-state index in [1.165, 1.54) is 0 Å². The second kappa shape index (κ2) is 4.37. The lowest BCUT2D eigenvalue weighted by atomic mass is 10.0. The number of carbonyl (C=O) groups excluding carboxylic acids is 1. The van der Waals surface area contributed by atoms with Gasteiger partial charge in [0.1, 0.15) is 12.4 Å². The van der Waals surface area contributed by atoms with Gasteiger partial charge < -0.3 is 15.0 Å². The summed E-state index contributed by atoms with van der Waals surface area (Å²) >= 11 is 0. The van der Waals surface area contributed by atoms with Gasteiger partial charge in [-0.3, -0.25) is 4.79 Å². The van der Waals surface area contributed by atoms with Crippen molar-refractivity contribution in [2.45, 2.75) is 6.54 Å². The number of hydrogen-bond acceptors (Lipinski definition) is 3. The SMILES string of the molecule is O=C(C1CNC1)N1CCOc2ccccc2C1. The Kier molecular flexibility index (Phi) is 2.73. The molecule has 3 rings (SSSR count). The van der Waals surface area contributed by atoms with Crippen LogP contribution in [0.25, 0.3) is 0 Å². The number of para-hydroxylation sites is 1. The molecule has 4 heteroatoms. The molecule has 1 amide bonds. The summed E-state index contributed by atoms with van der Waals surface area (Å²) in [4.78, 5) is 14.1. The minimum atomic E-state index is 0.167. The minimum Gasteiger partial charge on any atom is -0.491 e. The van der Waals surface area contributed by atoms with E-state index in [0.29, 0.717) is 19.7 Å². The molecule has 4 nitrogen and oxygen atoms in total. The number of nitrogens with one attached hydrogen (secondary N) is 1. The Morgan fingerprint density at radius 2 is 2.18 bits per heavy atom. The number of amides is 1. The van der Waals surface area contributed by atoms with Crippen LogP contribution in [0.3, 0.4) is 0 Å². The lowest BCUT2D eigenvalue weighted by Gasteiger charge is -2.31. The summed E-state index contributed by atoms with van der Waals surface area (Å²) in [6.07, 6.45) is 0. The molecule has 1 aromatic carbocycles. The molecular formula is C13H16N2O2. The van der Waals surface area contributed by atoms with E-state index in [0.717, 1.165) is 24.4 Å². The highest BCUT2D eigenvalue weighted by Gasteiger charge is 2.30. The van der Waals surface area contributed by atoms with Crippen LogP contribution in [0, 0.1) is 5.92 Å². The lowest BCUT2D eigenvalue weighted by molar-refractivity contribution is -0.137. The molecule has 2 aliphatic heterocycles. The fourth-order valence-corrected chi connectivity index (χ4v) is 2.24. The average molecular weight is 232 g/mol. The zero-order valence-corrected chi connectivity index (χ0v) is 9.69. The van der Waals surface area contributed by atoms with Gasteiger partial charge in [-0.15, -0.1) is 0 Å². The molecule has 17 heavy (non-hydrogen) atoms. The van der Waals surface area contributed by atoms with Gasteiger partial charge in [-0.25, -0.2) is 0 Å². The van der Waals surface area contributed by atoms with Gasteiger partial charge in [0.15, 0.2) is 0 Å². The molecule has 0 atom stereocenters. The van der Waals surface area contributed by atoms with Crippen LogP contribution < -0.4 is 10.1 Å². The van der Waals surface area contributed by atoms with Crippen LogP contribution in [-0.4, -0.2) is 37.0 Å². The van der Waals surface area contributed by atoms with E-state index in [2.05, 4.69) is 5.32 Å². The highest BCUT2D eigenvalue weighted by Crippen LogP contribution is 2.23. The van der Waals surface area contributed by atoms with Crippen molar-refractivity contribution in [3.8, 4) is 5.75 Å². The normalized spacial score (nSPS) is 19.9. The summed E-state index contributed by atoms with van der Waals surface area (Å²) < 4.78 is 5.65. The maximum Gasteiger partial charge on any atom is 0.228 e. The Bertz CT molecular complexity index is 429. The van der Waals surface area contributed by atoms with Crippen molar-refractivity contribution in [1.82, 2.24) is 10.2 Å². The summed E-state index contributed by atoms with van der Waals surface area (Å²) in [6.45, 7) is 3.58. The molecule has 0 spiro atoms. The first-order chi connectivity index (χ1) is 8.34. The van der Waals surface area contributed by atoms with Gasteiger partial charge in [0, 0.05) is 25.2 Å². The zero-order valence-electron chi connectivity index (χ0n) is 9.69. The van der Waals surface area contributed by atoms with E-state index < -0.39 is 0 Å². The van der Waals surface area contributed by atoms with Crippen LogP contribution >= 0.6 is 0 Å². The van der Waals surface area contributed by atoms with Gasteiger partial charge in [0.25, 0.3) is 0 Å². The van der Waals surface area contributed by atoms with Crippen molar-refractivity contribution in [1.29, 1.82) is 0 Å². The second-order valence-corrected chi connectivity index (χ2v) is 4.57. The van der Waals surface area contributed by atoms with Crippen LogP contribution in [0.15, 0.2) is 24.3 Å². The molecule has 1 aromatic rings. The van der Waals surface area contributed by atoms with Gasteiger partial charge in [-0.2, -0.15) is 0 Å². The Morgan fingerprint density at radius 1 is 1.35 bits per heavy atom. The smallest absolute Gasteiger partial charge is 0.228 e. The molecule has 2 aliphatic rings. The largest absolute Gasteiger partial charge is 0.491 e. The maximum atomic E-state index is 12.2. The van der Waals surface area contributed by atoms with E-state index in [9.17, 15) is 4.79 Å². The number of nitrogens with zero attached hydrogens (tertiary/aromatic N) is 1. The number of carbonyl (C=O) groups is 1. The van der Waals surface area contributed by atoms with Gasteiger partial charge in [-0.05, 0) is 6.07 Å². The molecule has 1 saturated heterocycles. The van der Waals surface area contributed by atoms with Gasteiger partial charge >= 0.3 is 0 Å². The summed E-state index contributed by atoms with van der Waals surface area (Å²) in [7, 11) is 0. The number of hydrogen-bond donors (Lipinski definition) is 1. The van der Waals surface area contributed by atoms with Gasteiger partial charge in [0.2, 0.25) is 5.91 Å². The number of benzene rings is 1. The van der Waals surface area contributed by atoms with Crippen LogP contribution in [0.1, 0.15) is 5.56 Å². The highest BCUT2D eigenvalue weighted by atomic mass is 16.5. The average Bonchev–Trinajstić information content (AvgIpc) is 2.48. The first kappa shape index (κ1) is 10.6. The Morgan fingerprint density at radius 3 is 2.94 bits per heavy atom. The topological polar surface area (TPSA) is 41.6 Å². The maximum absolute atomic E-state index is 12.2. The molecule has 0 aliphatic carbocycles. The van der Waals surface area contributed by atoms with Crippen molar-refractivity contribution in [2.24, 2.45) is 5.92 Å². The quantitative estimate of drug-likeness (QED) is 0.772. The lowest BCUT2D eigenvalue weighted by Crippen LogP contribution is -2.52. The summed E-state index contributed by atoms with van der Waals surface area (Å²) in [5.41, 5.74) is 1.10. The molecule has 1 fully saturated rings. The summed E-state index contributed by atoms with van der Waals surface area (Å²) in [5.74, 6) is 1.33. The Balaban J connectivity index is 1.77. The number of rotatable bonds is 1. The Hall–Kier alpha value is -1.55. The Labute approximate surface area is 101 Å². The van der Waals surface area contributed by atoms with E-state index in [1.807, 2.05) is 29.2 Å². The molecule has 0 radical (unpaired) electrons. The first-order valence-corrected chi connectivity index (χ1v) is 6.05. The molecule has 1 N–H and O–H groups in total. The molecule has 2 heterocycles. The summed E-state index contributed by atoms with van der Waals surface area (Å²) in [6, 6.07) is 7.95. The van der Waals surface area contributed by atoms with E-state index in [1.54, 1.807) is 0 Å². The third-order valence-corrected chi connectivity index (χ3v) is 3.39. The molecular weight excluding hydrogens is 216 g/mol. The molecule has 0 unspecified atom stereocenters. The summed E-state index contributed by atoms with van der Waals surface area (Å²) in [5, 5.41) is 3.14. The van der Waals surface area contributed by atoms with Crippen LogP contribution in [0.2, 0.25) is 0 Å². The third-order valence-electron chi connectivity index (χ3n) is 3.39. The molecule has 0 bridgehead atoms. The first-order valence-electron chi connectivity index (χ1n) is 6.05. The number of fused-ring (bicyclic) bond motifs is 1. The van der Waals surface area contributed by atoms with Crippen molar-refractivity contribution in [3.63, 3.8) is 0 Å². The number of ether oxygens (including phenoxy) is 1. The van der Waals surface area contributed by atoms with Crippen LogP contribution in [0.4, 0.5) is 0 Å². The predicted molar refractivity (Wildman–Crippen MR) is 63.7 cm³/mol. The standard InChI is InChI=1S/C13H16N2O2/c16-13(11-7-14-8-11)15-5-6-17-12-4-2-1-3-10(12)9-15/h1-4,11,14H,5-9H2. The molecule has 0 aromatic heterocycles. The van der Waals surface area contributed by atoms with Crippen molar-refractivity contribution < 1.29 is 9.53 Å².